The van der Waals surface area contributed by atoms with Crippen molar-refractivity contribution in [3.05, 3.63) is 34.9 Å². The van der Waals surface area contributed by atoms with Gasteiger partial charge in [-0.3, -0.25) is 4.90 Å². The van der Waals surface area contributed by atoms with Crippen LogP contribution in [-0.2, 0) is 6.54 Å². The van der Waals surface area contributed by atoms with Crippen molar-refractivity contribution in [2.24, 2.45) is 0 Å². The lowest BCUT2D eigenvalue weighted by Crippen LogP contribution is -2.45. The molecule has 2 rings (SSSR count). The summed E-state index contributed by atoms with van der Waals surface area (Å²) in [5, 5.41) is 4.05. The lowest BCUT2D eigenvalue weighted by Gasteiger charge is -2.32. The Balaban J connectivity index is 1.58. The molecule has 1 aliphatic heterocycles. The molecule has 21 heavy (non-hydrogen) atoms. The number of rotatable bonds is 5. The van der Waals surface area contributed by atoms with Gasteiger partial charge in [-0.15, -0.1) is 0 Å². The minimum Gasteiger partial charge on any atom is -0.367 e. The molecule has 1 fully saturated rings. The fourth-order valence-corrected chi connectivity index (χ4v) is 3.32. The lowest BCUT2D eigenvalue weighted by atomic mass is 10.2. The molecule has 1 heterocycles. The van der Waals surface area contributed by atoms with Gasteiger partial charge in [0.1, 0.15) is 4.32 Å². The van der Waals surface area contributed by atoms with Gasteiger partial charge in [0.2, 0.25) is 0 Å². The van der Waals surface area contributed by atoms with E-state index in [0.29, 0.717) is 0 Å². The van der Waals surface area contributed by atoms with Gasteiger partial charge in [-0.25, -0.2) is 0 Å². The zero-order valence-corrected chi connectivity index (χ0v) is 14.7. The molecule has 1 aliphatic rings. The predicted octanol–water partition coefficient (Wildman–Crippen LogP) is 2.70. The lowest BCUT2D eigenvalue weighted by molar-refractivity contribution is 0.161. The largest absolute Gasteiger partial charge is 0.367 e. The van der Waals surface area contributed by atoms with Crippen LogP contribution in [0.4, 0.5) is 0 Å². The molecule has 116 valence electrons. The van der Waals surface area contributed by atoms with Gasteiger partial charge in [-0.2, -0.15) is 0 Å². The topological polar surface area (TPSA) is 18.5 Å². The molecule has 6 heteroatoms. The molecular weight excluding hydrogens is 322 g/mol. The number of hydrogen-bond acceptors (Lipinski definition) is 4. The van der Waals surface area contributed by atoms with Gasteiger partial charge in [0, 0.05) is 50.0 Å². The Morgan fingerprint density at radius 1 is 1.24 bits per heavy atom. The van der Waals surface area contributed by atoms with E-state index in [-0.39, 0.29) is 0 Å². The summed E-state index contributed by atoms with van der Waals surface area (Å²) >= 11 is 13.0. The monoisotopic (exact) mass is 343 g/mol. The predicted molar refractivity (Wildman–Crippen MR) is 97.3 cm³/mol. The molecule has 1 saturated heterocycles. The van der Waals surface area contributed by atoms with Crippen LogP contribution in [0.1, 0.15) is 5.56 Å². The maximum atomic E-state index is 5.87. The number of nitrogens with zero attached hydrogens (tertiary/aromatic N) is 2. The van der Waals surface area contributed by atoms with Crippen molar-refractivity contribution in [3.63, 3.8) is 0 Å². The molecule has 0 atom stereocenters. The highest BCUT2D eigenvalue weighted by molar-refractivity contribution is 8.22. The highest BCUT2D eigenvalue weighted by atomic mass is 35.5. The first-order chi connectivity index (χ1) is 10.1. The molecule has 1 N–H and O–H groups in total. The van der Waals surface area contributed by atoms with E-state index in [2.05, 4.69) is 22.2 Å². The summed E-state index contributed by atoms with van der Waals surface area (Å²) in [4.78, 5) is 4.89. The van der Waals surface area contributed by atoms with E-state index in [4.69, 9.17) is 23.8 Å². The average molecular weight is 344 g/mol. The number of hydrogen-bond donors (Lipinski definition) is 1. The first kappa shape index (κ1) is 17.0. The molecule has 0 bridgehead atoms. The van der Waals surface area contributed by atoms with Gasteiger partial charge in [-0.05, 0) is 24.7 Å². The number of piperazine rings is 1. The van der Waals surface area contributed by atoms with Crippen molar-refractivity contribution in [3.8, 4) is 0 Å². The second kappa shape index (κ2) is 8.96. The molecule has 0 aromatic heterocycles. The first-order valence-corrected chi connectivity index (χ1v) is 8.96. The minimum atomic E-state index is 0.761. The maximum Gasteiger partial charge on any atom is 0.134 e. The highest BCUT2D eigenvalue weighted by Gasteiger charge is 2.13. The van der Waals surface area contributed by atoms with Crippen molar-refractivity contribution in [1.29, 1.82) is 0 Å². The van der Waals surface area contributed by atoms with Crippen LogP contribution in [0.25, 0.3) is 0 Å². The fraction of sp³-hybridized carbons (Fsp3) is 0.533. The number of benzene rings is 1. The number of likely N-dealkylation sites (N-methyl/N-ethyl adjacent to an activating group) is 1. The molecular formula is C15H22ClN3S2. The van der Waals surface area contributed by atoms with E-state index in [9.17, 15) is 0 Å². The Labute approximate surface area is 142 Å². The van der Waals surface area contributed by atoms with Crippen molar-refractivity contribution in [1.82, 2.24) is 15.1 Å². The third kappa shape index (κ3) is 6.53. The van der Waals surface area contributed by atoms with E-state index >= 15 is 0 Å². The Morgan fingerprint density at radius 2 is 1.90 bits per heavy atom. The van der Waals surface area contributed by atoms with Gasteiger partial charge < -0.3 is 10.2 Å². The van der Waals surface area contributed by atoms with Crippen molar-refractivity contribution < 1.29 is 0 Å². The van der Waals surface area contributed by atoms with Crippen molar-refractivity contribution in [2.75, 3.05) is 45.5 Å². The first-order valence-electron chi connectivity index (χ1n) is 7.19. The summed E-state index contributed by atoms with van der Waals surface area (Å²) < 4.78 is 0.874. The van der Waals surface area contributed by atoms with Gasteiger partial charge in [0.15, 0.2) is 0 Å². The second-order valence-electron chi connectivity index (χ2n) is 5.26. The molecule has 1 aromatic carbocycles. The number of nitrogens with one attached hydrogen (secondary N) is 1. The quantitative estimate of drug-likeness (QED) is 0.826. The second-order valence-corrected chi connectivity index (χ2v) is 7.47. The zero-order valence-electron chi connectivity index (χ0n) is 12.3. The summed E-state index contributed by atoms with van der Waals surface area (Å²) in [5.41, 5.74) is 1.20. The van der Waals surface area contributed by atoms with Gasteiger partial charge in [0.05, 0.1) is 0 Å². The van der Waals surface area contributed by atoms with E-state index in [1.165, 1.54) is 31.7 Å². The van der Waals surface area contributed by atoms with Crippen LogP contribution >= 0.6 is 35.6 Å². The highest BCUT2D eigenvalue weighted by Crippen LogP contribution is 2.10. The standard InChI is InChI=1S/C15H22ClN3S2/c1-18-6-8-19(9-7-18)10-11-21-15(20)17-12-13-2-4-14(16)5-3-13/h2-5H,6-12H2,1H3,(H,17,20). The Kier molecular flexibility index (Phi) is 7.26. The van der Waals surface area contributed by atoms with Crippen LogP contribution < -0.4 is 5.32 Å². The number of halogens is 1. The minimum absolute atomic E-state index is 0.761. The number of thioether (sulfide) groups is 1. The summed E-state index contributed by atoms with van der Waals surface area (Å²) in [7, 11) is 2.18. The van der Waals surface area contributed by atoms with Crippen LogP contribution in [0.2, 0.25) is 5.02 Å². The average Bonchev–Trinajstić information content (AvgIpc) is 2.49. The molecule has 0 spiro atoms. The SMILES string of the molecule is CN1CCN(CCSC(=S)NCc2ccc(Cl)cc2)CC1. The van der Waals surface area contributed by atoms with Crippen LogP contribution in [0.5, 0.6) is 0 Å². The molecule has 0 amide bonds. The Hall–Kier alpha value is -0.330. The molecule has 0 unspecified atom stereocenters. The molecule has 0 radical (unpaired) electrons. The third-order valence-electron chi connectivity index (χ3n) is 3.59. The fourth-order valence-electron chi connectivity index (χ4n) is 2.17. The van der Waals surface area contributed by atoms with Gasteiger partial charge >= 0.3 is 0 Å². The van der Waals surface area contributed by atoms with Crippen LogP contribution in [0.3, 0.4) is 0 Å². The van der Waals surface area contributed by atoms with Crippen LogP contribution in [0, 0.1) is 0 Å². The molecule has 1 aromatic rings. The van der Waals surface area contributed by atoms with Crippen molar-refractivity contribution >= 4 is 39.9 Å². The molecule has 0 aliphatic carbocycles. The summed E-state index contributed by atoms with van der Waals surface area (Å²) in [6, 6.07) is 7.85. The molecule has 3 nitrogen and oxygen atoms in total. The maximum absolute atomic E-state index is 5.87. The van der Waals surface area contributed by atoms with E-state index in [1.807, 2.05) is 24.3 Å². The Morgan fingerprint density at radius 3 is 2.57 bits per heavy atom. The summed E-state index contributed by atoms with van der Waals surface area (Å²) in [6.07, 6.45) is 0. The third-order valence-corrected chi connectivity index (χ3v) is 5.13. The van der Waals surface area contributed by atoms with Gasteiger partial charge in [-0.1, -0.05) is 47.7 Å². The van der Waals surface area contributed by atoms with E-state index in [1.54, 1.807) is 11.8 Å². The number of thiocarbonyl (C=S) groups is 1. The summed E-state index contributed by atoms with van der Waals surface area (Å²) in [5.74, 6) is 1.05. The zero-order chi connectivity index (χ0) is 15.1. The smallest absolute Gasteiger partial charge is 0.134 e. The Bertz CT molecular complexity index is 445. The summed E-state index contributed by atoms with van der Waals surface area (Å²) in [6.45, 7) is 6.55. The molecule has 0 saturated carbocycles. The van der Waals surface area contributed by atoms with Crippen LogP contribution in [0.15, 0.2) is 24.3 Å². The van der Waals surface area contributed by atoms with E-state index in [0.717, 1.165) is 28.2 Å². The van der Waals surface area contributed by atoms with Crippen molar-refractivity contribution in [2.45, 2.75) is 6.54 Å². The van der Waals surface area contributed by atoms with E-state index < -0.39 is 0 Å². The normalized spacial score (nSPS) is 16.9. The van der Waals surface area contributed by atoms with Gasteiger partial charge in [0.25, 0.3) is 0 Å². The van der Waals surface area contributed by atoms with Crippen LogP contribution in [-0.4, -0.2) is 59.6 Å².